The predicted molar refractivity (Wildman–Crippen MR) is 93.6 cm³/mol. The lowest BCUT2D eigenvalue weighted by Gasteiger charge is -2.28. The number of rotatable bonds is 3. The number of fused-ring (bicyclic) bond motifs is 1. The van der Waals surface area contributed by atoms with Gasteiger partial charge < -0.3 is 19.9 Å². The Morgan fingerprint density at radius 2 is 1.93 bits per heavy atom. The number of aromatic hydroxyl groups is 1. The molecule has 10 heteroatoms. The van der Waals surface area contributed by atoms with Crippen molar-refractivity contribution >= 4 is 16.8 Å². The molecule has 1 saturated carbocycles. The van der Waals surface area contributed by atoms with Gasteiger partial charge in [0.2, 0.25) is 0 Å². The smallest absolute Gasteiger partial charge is 0.418 e. The number of anilines is 1. The molecule has 3 aromatic heterocycles. The van der Waals surface area contributed by atoms with Crippen LogP contribution in [0.25, 0.3) is 22.4 Å². The molecule has 0 saturated heterocycles. The first-order valence-electron chi connectivity index (χ1n) is 8.79. The molecule has 28 heavy (non-hydrogen) atoms. The van der Waals surface area contributed by atoms with Gasteiger partial charge in [-0.2, -0.15) is 13.2 Å². The van der Waals surface area contributed by atoms with Crippen molar-refractivity contribution in [1.29, 1.82) is 0 Å². The van der Waals surface area contributed by atoms with Crippen LogP contribution < -0.4 is 5.32 Å². The highest BCUT2D eigenvalue weighted by Gasteiger charge is 2.32. The Labute approximate surface area is 157 Å². The summed E-state index contributed by atoms with van der Waals surface area (Å²) in [5.74, 6) is -0.282. The quantitative estimate of drug-likeness (QED) is 0.622. The van der Waals surface area contributed by atoms with E-state index in [2.05, 4.69) is 20.5 Å². The molecule has 2 atom stereocenters. The Hall–Kier alpha value is -2.88. The molecule has 0 aliphatic heterocycles. The van der Waals surface area contributed by atoms with Gasteiger partial charge in [0.1, 0.15) is 11.4 Å². The fourth-order valence-electron chi connectivity index (χ4n) is 3.39. The molecule has 0 bridgehead atoms. The molecule has 0 unspecified atom stereocenters. The molecule has 3 N–H and O–H groups in total. The molecule has 0 aromatic carbocycles. The molecule has 3 heterocycles. The van der Waals surface area contributed by atoms with E-state index in [-0.39, 0.29) is 23.0 Å². The number of nitrogens with zero attached hydrogens (tertiary/aromatic N) is 3. The summed E-state index contributed by atoms with van der Waals surface area (Å²) in [6.45, 7) is 0. The Bertz CT molecular complexity index is 1010. The fraction of sp³-hybridized carbons (Fsp3) is 0.389. The number of alkyl halides is 3. The lowest BCUT2D eigenvalue weighted by molar-refractivity contribution is -0.137. The third-order valence-electron chi connectivity index (χ3n) is 4.86. The van der Waals surface area contributed by atoms with Gasteiger partial charge in [-0.3, -0.25) is 0 Å². The average molecular weight is 394 g/mol. The number of halogens is 3. The number of furan rings is 1. The molecule has 148 valence electrons. The molecule has 0 amide bonds. The molecule has 1 aliphatic rings. The lowest BCUT2D eigenvalue weighted by atomic mass is 9.92. The van der Waals surface area contributed by atoms with Crippen LogP contribution in [0.15, 0.2) is 29.0 Å². The molecule has 3 aromatic rings. The van der Waals surface area contributed by atoms with E-state index in [0.29, 0.717) is 29.9 Å². The van der Waals surface area contributed by atoms with Crippen LogP contribution in [-0.4, -0.2) is 37.5 Å². The zero-order valence-corrected chi connectivity index (χ0v) is 14.6. The second-order valence-electron chi connectivity index (χ2n) is 6.75. The maximum Gasteiger partial charge on any atom is 0.418 e. The molecule has 1 aliphatic carbocycles. The molecule has 7 nitrogen and oxygen atoms in total. The standard InChI is InChI=1S/C18H17F3N4O3/c19-18(20,21)9-7-13(27)14(22-8-9)15-16-10(5-6-28-16)17(25-24-15)23-11-3-1-2-4-12(11)26/h5-8,11-12,26-27H,1-4H2,(H,23,25)/t11-,12-/m1/s1. The molecular weight excluding hydrogens is 377 g/mol. The van der Waals surface area contributed by atoms with Crippen LogP contribution in [0.4, 0.5) is 19.0 Å². The van der Waals surface area contributed by atoms with E-state index < -0.39 is 23.6 Å². The van der Waals surface area contributed by atoms with Crippen molar-refractivity contribution in [2.75, 3.05) is 5.32 Å². The Morgan fingerprint density at radius 3 is 2.64 bits per heavy atom. The summed E-state index contributed by atoms with van der Waals surface area (Å²) in [6.07, 6.45) is 0.312. The van der Waals surface area contributed by atoms with E-state index in [1.807, 2.05) is 0 Å². The highest BCUT2D eigenvalue weighted by atomic mass is 19.4. The third-order valence-corrected chi connectivity index (χ3v) is 4.86. The van der Waals surface area contributed by atoms with Crippen molar-refractivity contribution in [3.05, 3.63) is 30.2 Å². The van der Waals surface area contributed by atoms with Gasteiger partial charge in [0.15, 0.2) is 17.1 Å². The normalized spacial score (nSPS) is 20.4. The average Bonchev–Trinajstić information content (AvgIpc) is 3.13. The van der Waals surface area contributed by atoms with Crippen molar-refractivity contribution in [3.8, 4) is 17.1 Å². The second-order valence-corrected chi connectivity index (χ2v) is 6.75. The third kappa shape index (κ3) is 3.35. The van der Waals surface area contributed by atoms with Crippen LogP contribution in [0.2, 0.25) is 0 Å². The first-order chi connectivity index (χ1) is 13.3. The number of aromatic nitrogens is 3. The van der Waals surface area contributed by atoms with Gasteiger partial charge >= 0.3 is 6.18 Å². The number of aliphatic hydroxyl groups excluding tert-OH is 1. The van der Waals surface area contributed by atoms with Gasteiger partial charge in [-0.25, -0.2) is 4.98 Å². The minimum Gasteiger partial charge on any atom is -0.506 e. The first kappa shape index (κ1) is 18.5. The molecule has 0 spiro atoms. The van der Waals surface area contributed by atoms with E-state index in [1.165, 1.54) is 6.26 Å². The van der Waals surface area contributed by atoms with Crippen LogP contribution in [0.5, 0.6) is 5.75 Å². The zero-order chi connectivity index (χ0) is 19.9. The van der Waals surface area contributed by atoms with Crippen LogP contribution in [-0.2, 0) is 6.18 Å². The first-order valence-corrected chi connectivity index (χ1v) is 8.79. The molecular formula is C18H17F3N4O3. The summed E-state index contributed by atoms with van der Waals surface area (Å²) in [5.41, 5.74) is -0.974. The number of pyridine rings is 1. The summed E-state index contributed by atoms with van der Waals surface area (Å²) in [7, 11) is 0. The van der Waals surface area contributed by atoms with Crippen LogP contribution in [0.1, 0.15) is 31.2 Å². The summed E-state index contributed by atoms with van der Waals surface area (Å²) < 4.78 is 43.8. The van der Waals surface area contributed by atoms with Crippen molar-refractivity contribution in [3.63, 3.8) is 0 Å². The second kappa shape index (κ2) is 6.93. The number of nitrogens with one attached hydrogen (secondary N) is 1. The van der Waals surface area contributed by atoms with Gasteiger partial charge in [0.05, 0.1) is 29.4 Å². The Morgan fingerprint density at radius 1 is 1.14 bits per heavy atom. The monoisotopic (exact) mass is 394 g/mol. The van der Waals surface area contributed by atoms with E-state index >= 15 is 0 Å². The largest absolute Gasteiger partial charge is 0.506 e. The number of hydrogen-bond donors (Lipinski definition) is 3. The maximum atomic E-state index is 12.8. The van der Waals surface area contributed by atoms with Crippen molar-refractivity contribution < 1.29 is 27.8 Å². The number of hydrogen-bond acceptors (Lipinski definition) is 7. The minimum absolute atomic E-state index is 0.0287. The summed E-state index contributed by atoms with van der Waals surface area (Å²) in [5, 5.41) is 32.0. The molecule has 1 fully saturated rings. The maximum absolute atomic E-state index is 12.8. The van der Waals surface area contributed by atoms with E-state index in [0.717, 1.165) is 19.3 Å². The van der Waals surface area contributed by atoms with Crippen LogP contribution >= 0.6 is 0 Å². The lowest BCUT2D eigenvalue weighted by Crippen LogP contribution is -2.36. The van der Waals surface area contributed by atoms with Crippen molar-refractivity contribution in [2.45, 2.75) is 44.0 Å². The predicted octanol–water partition coefficient (Wildman–Crippen LogP) is 3.72. The summed E-state index contributed by atoms with van der Waals surface area (Å²) in [6, 6.07) is 2.04. The van der Waals surface area contributed by atoms with E-state index in [9.17, 15) is 23.4 Å². The summed E-state index contributed by atoms with van der Waals surface area (Å²) >= 11 is 0. The highest BCUT2D eigenvalue weighted by molar-refractivity contribution is 5.96. The minimum atomic E-state index is -4.62. The van der Waals surface area contributed by atoms with Gasteiger partial charge in [0, 0.05) is 6.20 Å². The number of aliphatic hydroxyl groups is 1. The van der Waals surface area contributed by atoms with E-state index in [1.54, 1.807) is 6.07 Å². The van der Waals surface area contributed by atoms with Gasteiger partial charge in [0.25, 0.3) is 0 Å². The van der Waals surface area contributed by atoms with E-state index in [4.69, 9.17) is 4.42 Å². The van der Waals surface area contributed by atoms with Crippen LogP contribution in [0.3, 0.4) is 0 Å². The highest BCUT2D eigenvalue weighted by Crippen LogP contribution is 2.37. The zero-order valence-electron chi connectivity index (χ0n) is 14.6. The SMILES string of the molecule is Oc1cc(C(F)(F)F)cnc1-c1nnc(N[C@@H]2CCCC[C@H]2O)c2ccoc12. The van der Waals surface area contributed by atoms with Gasteiger partial charge in [-0.1, -0.05) is 12.8 Å². The fourth-order valence-corrected chi connectivity index (χ4v) is 3.39. The van der Waals surface area contributed by atoms with Crippen molar-refractivity contribution in [2.24, 2.45) is 0 Å². The van der Waals surface area contributed by atoms with Crippen molar-refractivity contribution in [1.82, 2.24) is 15.2 Å². The van der Waals surface area contributed by atoms with Crippen LogP contribution in [0, 0.1) is 0 Å². The van der Waals surface area contributed by atoms with Gasteiger partial charge in [-0.15, -0.1) is 10.2 Å². The Kier molecular flexibility index (Phi) is 4.58. The Balaban J connectivity index is 1.71. The molecule has 4 rings (SSSR count). The molecule has 0 radical (unpaired) electrons. The topological polar surface area (TPSA) is 104 Å². The van der Waals surface area contributed by atoms with Gasteiger partial charge in [-0.05, 0) is 25.0 Å². The summed E-state index contributed by atoms with van der Waals surface area (Å²) in [4.78, 5) is 3.71.